The molecule has 0 saturated carbocycles. The third-order valence-electron chi connectivity index (χ3n) is 2.59. The highest BCUT2D eigenvalue weighted by molar-refractivity contribution is 6.31. The first-order valence-corrected chi connectivity index (χ1v) is 6.11. The Kier molecular flexibility index (Phi) is 6.13. The Morgan fingerprint density at radius 3 is 2.84 bits per heavy atom. The smallest absolute Gasteiger partial charge is 0.337 e. The van der Waals surface area contributed by atoms with Crippen LogP contribution in [0.3, 0.4) is 0 Å². The molecule has 0 fully saturated rings. The van der Waals surface area contributed by atoms with Gasteiger partial charge in [-0.3, -0.25) is 0 Å². The molecule has 5 nitrogen and oxygen atoms in total. The van der Waals surface area contributed by atoms with Gasteiger partial charge in [0, 0.05) is 25.2 Å². The zero-order chi connectivity index (χ0) is 14.3. The Bertz CT molecular complexity index is 485. The van der Waals surface area contributed by atoms with E-state index in [-0.39, 0.29) is 5.56 Å². The van der Waals surface area contributed by atoms with Crippen LogP contribution in [0.2, 0.25) is 5.02 Å². The molecule has 0 aliphatic heterocycles. The Balaban J connectivity index is 3.06. The average molecular weight is 283 g/mol. The van der Waals surface area contributed by atoms with Gasteiger partial charge < -0.3 is 14.7 Å². The second kappa shape index (κ2) is 7.62. The molecule has 0 bridgehead atoms. The fourth-order valence-electron chi connectivity index (χ4n) is 1.69. The predicted molar refractivity (Wildman–Crippen MR) is 72.7 cm³/mol. The molecule has 102 valence electrons. The largest absolute Gasteiger partial charge is 0.478 e. The molecule has 0 spiro atoms. The Morgan fingerprint density at radius 2 is 2.26 bits per heavy atom. The SMILES string of the molecule is COCCN(CCC#N)c1ccc(Cl)cc1C(=O)O. The number of carboxylic acids is 1. The first-order chi connectivity index (χ1) is 9.10. The number of carboxylic acid groups (broad SMARTS) is 1. The van der Waals surface area contributed by atoms with Crippen LogP contribution in [0, 0.1) is 11.3 Å². The molecule has 6 heteroatoms. The van der Waals surface area contributed by atoms with Gasteiger partial charge in [-0.15, -0.1) is 0 Å². The van der Waals surface area contributed by atoms with Gasteiger partial charge in [0.15, 0.2) is 0 Å². The first kappa shape index (κ1) is 15.3. The first-order valence-electron chi connectivity index (χ1n) is 5.73. The summed E-state index contributed by atoms with van der Waals surface area (Å²) in [5.74, 6) is -1.04. The standard InChI is InChI=1S/C13H15ClN2O3/c1-19-8-7-16(6-2-5-15)12-4-3-10(14)9-11(12)13(17)18/h3-4,9H,2,6-8H2,1H3,(H,17,18). The van der Waals surface area contributed by atoms with Gasteiger partial charge in [0.25, 0.3) is 0 Å². The van der Waals surface area contributed by atoms with Gasteiger partial charge in [-0.2, -0.15) is 5.26 Å². The summed E-state index contributed by atoms with van der Waals surface area (Å²) in [5, 5.41) is 18.2. The van der Waals surface area contributed by atoms with Gasteiger partial charge in [0.05, 0.1) is 30.3 Å². The van der Waals surface area contributed by atoms with Crippen LogP contribution >= 0.6 is 11.6 Å². The summed E-state index contributed by atoms with van der Waals surface area (Å²) < 4.78 is 5.00. The predicted octanol–water partition coefficient (Wildman–Crippen LogP) is 2.40. The highest BCUT2D eigenvalue weighted by atomic mass is 35.5. The average Bonchev–Trinajstić information content (AvgIpc) is 2.39. The van der Waals surface area contributed by atoms with E-state index in [2.05, 4.69) is 0 Å². The van der Waals surface area contributed by atoms with E-state index in [9.17, 15) is 9.90 Å². The summed E-state index contributed by atoms with van der Waals surface area (Å²) >= 11 is 5.82. The molecule has 0 unspecified atom stereocenters. The number of nitriles is 1. The van der Waals surface area contributed by atoms with Crippen molar-refractivity contribution in [1.82, 2.24) is 0 Å². The molecule has 1 aromatic rings. The van der Waals surface area contributed by atoms with Crippen LogP contribution in [0.4, 0.5) is 5.69 Å². The van der Waals surface area contributed by atoms with E-state index in [1.807, 2.05) is 11.0 Å². The monoisotopic (exact) mass is 282 g/mol. The fourth-order valence-corrected chi connectivity index (χ4v) is 1.87. The summed E-state index contributed by atoms with van der Waals surface area (Å²) in [4.78, 5) is 13.1. The van der Waals surface area contributed by atoms with Gasteiger partial charge >= 0.3 is 5.97 Å². The molecule has 1 N–H and O–H groups in total. The van der Waals surface area contributed by atoms with Gasteiger partial charge in [0.2, 0.25) is 0 Å². The number of halogens is 1. The van der Waals surface area contributed by atoms with Crippen molar-refractivity contribution in [3.63, 3.8) is 0 Å². The quantitative estimate of drug-likeness (QED) is 0.831. The van der Waals surface area contributed by atoms with Crippen LogP contribution in [-0.2, 0) is 4.74 Å². The van der Waals surface area contributed by atoms with Crippen molar-refractivity contribution in [3.8, 4) is 6.07 Å². The van der Waals surface area contributed by atoms with E-state index < -0.39 is 5.97 Å². The fraction of sp³-hybridized carbons (Fsp3) is 0.385. The van der Waals surface area contributed by atoms with E-state index >= 15 is 0 Å². The van der Waals surface area contributed by atoms with Crippen LogP contribution < -0.4 is 4.90 Å². The maximum Gasteiger partial charge on any atom is 0.337 e. The molecule has 0 heterocycles. The molecule has 0 amide bonds. The molecular formula is C13H15ClN2O3. The van der Waals surface area contributed by atoms with Gasteiger partial charge in [0.1, 0.15) is 0 Å². The van der Waals surface area contributed by atoms with Crippen molar-refractivity contribution in [2.24, 2.45) is 0 Å². The second-order valence-electron chi connectivity index (χ2n) is 3.85. The molecule has 0 aliphatic rings. The van der Waals surface area contributed by atoms with Crippen LogP contribution in [-0.4, -0.2) is 37.9 Å². The van der Waals surface area contributed by atoms with E-state index in [1.54, 1.807) is 19.2 Å². The summed E-state index contributed by atoms with van der Waals surface area (Å²) in [5.41, 5.74) is 0.672. The normalized spacial score (nSPS) is 9.95. The third-order valence-corrected chi connectivity index (χ3v) is 2.82. The van der Waals surface area contributed by atoms with Gasteiger partial charge in [-0.1, -0.05) is 11.6 Å². The Labute approximate surface area is 117 Å². The topological polar surface area (TPSA) is 73.6 Å². The van der Waals surface area contributed by atoms with Crippen molar-refractivity contribution >= 4 is 23.3 Å². The van der Waals surface area contributed by atoms with Crippen LogP contribution in [0.1, 0.15) is 16.8 Å². The maximum absolute atomic E-state index is 11.2. The molecule has 0 saturated heterocycles. The molecule has 0 aromatic heterocycles. The van der Waals surface area contributed by atoms with Crippen molar-refractivity contribution in [1.29, 1.82) is 5.26 Å². The number of nitrogens with zero attached hydrogens (tertiary/aromatic N) is 2. The van der Waals surface area contributed by atoms with Crippen molar-refractivity contribution < 1.29 is 14.6 Å². The number of carbonyl (C=O) groups is 1. The molecular weight excluding hydrogens is 268 g/mol. The minimum Gasteiger partial charge on any atom is -0.478 e. The number of aromatic carboxylic acids is 1. The number of benzene rings is 1. The van der Waals surface area contributed by atoms with E-state index in [0.29, 0.717) is 36.8 Å². The molecule has 1 rings (SSSR count). The van der Waals surface area contributed by atoms with E-state index in [0.717, 1.165) is 0 Å². The molecule has 1 aromatic carbocycles. The molecule has 0 aliphatic carbocycles. The summed E-state index contributed by atoms with van der Waals surface area (Å²) in [7, 11) is 1.57. The number of methoxy groups -OCH3 is 1. The van der Waals surface area contributed by atoms with Gasteiger partial charge in [-0.25, -0.2) is 4.79 Å². The summed E-state index contributed by atoms with van der Waals surface area (Å²) in [6, 6.07) is 6.74. The summed E-state index contributed by atoms with van der Waals surface area (Å²) in [6.07, 6.45) is 0.311. The zero-order valence-corrected chi connectivity index (χ0v) is 11.4. The lowest BCUT2D eigenvalue weighted by Crippen LogP contribution is -2.29. The lowest BCUT2D eigenvalue weighted by Gasteiger charge is -2.25. The maximum atomic E-state index is 11.2. The summed E-state index contributed by atoms with van der Waals surface area (Å²) in [6.45, 7) is 1.41. The van der Waals surface area contributed by atoms with Crippen molar-refractivity contribution in [2.45, 2.75) is 6.42 Å². The Hall–Kier alpha value is -1.77. The minimum atomic E-state index is -1.04. The number of rotatable bonds is 7. The zero-order valence-electron chi connectivity index (χ0n) is 10.6. The van der Waals surface area contributed by atoms with E-state index in [4.69, 9.17) is 21.6 Å². The lowest BCUT2D eigenvalue weighted by atomic mass is 10.1. The van der Waals surface area contributed by atoms with Crippen molar-refractivity contribution in [2.75, 3.05) is 31.7 Å². The number of anilines is 1. The lowest BCUT2D eigenvalue weighted by molar-refractivity contribution is 0.0697. The van der Waals surface area contributed by atoms with Crippen LogP contribution in [0.25, 0.3) is 0 Å². The number of ether oxygens (including phenoxy) is 1. The van der Waals surface area contributed by atoms with Gasteiger partial charge in [-0.05, 0) is 18.2 Å². The minimum absolute atomic E-state index is 0.126. The number of hydrogen-bond donors (Lipinski definition) is 1. The van der Waals surface area contributed by atoms with E-state index in [1.165, 1.54) is 6.07 Å². The van der Waals surface area contributed by atoms with Crippen molar-refractivity contribution in [3.05, 3.63) is 28.8 Å². The number of hydrogen-bond acceptors (Lipinski definition) is 4. The molecule has 0 radical (unpaired) electrons. The highest BCUT2D eigenvalue weighted by Crippen LogP contribution is 2.24. The van der Waals surface area contributed by atoms with Crippen LogP contribution in [0.5, 0.6) is 0 Å². The Morgan fingerprint density at radius 1 is 1.53 bits per heavy atom. The second-order valence-corrected chi connectivity index (χ2v) is 4.29. The molecule has 19 heavy (non-hydrogen) atoms. The third kappa shape index (κ3) is 4.43. The molecule has 0 atom stereocenters. The highest BCUT2D eigenvalue weighted by Gasteiger charge is 2.16. The van der Waals surface area contributed by atoms with Crippen LogP contribution in [0.15, 0.2) is 18.2 Å².